The summed E-state index contributed by atoms with van der Waals surface area (Å²) >= 11 is 0. The summed E-state index contributed by atoms with van der Waals surface area (Å²) in [7, 11) is 0. The van der Waals surface area contributed by atoms with E-state index in [-0.39, 0.29) is 73.8 Å². The quantitative estimate of drug-likeness (QED) is 0.349. The summed E-state index contributed by atoms with van der Waals surface area (Å²) in [5.74, 6) is -1.50. The van der Waals surface area contributed by atoms with Gasteiger partial charge in [-0.05, 0) is 87.7 Å². The Morgan fingerprint density at radius 3 is 2.18 bits per heavy atom. The molecule has 4 heterocycles. The number of halogens is 2. The molecule has 3 aromatic rings. The molecule has 14 heteroatoms. The molecule has 0 radical (unpaired) electrons. The topological polar surface area (TPSA) is 128 Å². The van der Waals surface area contributed by atoms with Crippen LogP contribution in [-0.2, 0) is 16.0 Å². The van der Waals surface area contributed by atoms with Crippen LogP contribution < -0.4 is 15.0 Å². The van der Waals surface area contributed by atoms with Crippen LogP contribution in [0.2, 0.25) is 0 Å². The summed E-state index contributed by atoms with van der Waals surface area (Å²) in [5.41, 5.74) is 2.02. The minimum atomic E-state index is -0.990. The third-order valence-electron chi connectivity index (χ3n) is 9.91. The van der Waals surface area contributed by atoms with Gasteiger partial charge in [-0.25, -0.2) is 18.6 Å². The number of amides is 3. The van der Waals surface area contributed by atoms with E-state index in [0.717, 1.165) is 5.56 Å². The van der Waals surface area contributed by atoms with Crippen molar-refractivity contribution in [3.8, 4) is 5.88 Å². The molecule has 12 nitrogen and oxygen atoms in total. The van der Waals surface area contributed by atoms with Gasteiger partial charge in [0.2, 0.25) is 11.8 Å². The number of carbonyl (C=O) groups excluding carboxylic acids is 2. The van der Waals surface area contributed by atoms with Crippen LogP contribution in [-0.4, -0.2) is 119 Å². The van der Waals surface area contributed by atoms with Gasteiger partial charge < -0.3 is 29.7 Å². The highest BCUT2D eigenvalue weighted by Crippen LogP contribution is 2.36. The van der Waals surface area contributed by atoms with E-state index < -0.39 is 23.6 Å². The molecule has 2 N–H and O–H groups in total. The van der Waals surface area contributed by atoms with E-state index in [1.807, 2.05) is 13.8 Å². The van der Waals surface area contributed by atoms with E-state index in [4.69, 9.17) is 9.47 Å². The number of ether oxygens (including phenoxy) is 2. The summed E-state index contributed by atoms with van der Waals surface area (Å²) in [6.45, 7) is 10.4. The molecule has 5 atom stereocenters. The van der Waals surface area contributed by atoms with Gasteiger partial charge in [0.05, 0.1) is 25.8 Å². The van der Waals surface area contributed by atoms with Crippen molar-refractivity contribution in [3.63, 3.8) is 0 Å². The maximum atomic E-state index is 14.4. The van der Waals surface area contributed by atoms with E-state index in [0.29, 0.717) is 43.2 Å². The van der Waals surface area contributed by atoms with Crippen LogP contribution in [0.5, 0.6) is 5.88 Å². The fourth-order valence-electron chi connectivity index (χ4n) is 7.20. The van der Waals surface area contributed by atoms with Crippen molar-refractivity contribution in [1.82, 2.24) is 19.7 Å². The highest BCUT2D eigenvalue weighted by molar-refractivity contribution is 6.05. The molecule has 0 saturated carbocycles. The number of carboxylic acid groups (broad SMARTS) is 1. The molecular weight excluding hydrogens is 662 g/mol. The molecule has 51 heavy (non-hydrogen) atoms. The Morgan fingerprint density at radius 1 is 0.882 bits per heavy atom. The van der Waals surface area contributed by atoms with Crippen LogP contribution in [0.25, 0.3) is 0 Å². The standard InChI is InChI=1S/C37H44F2N6O6/c1-22-15-42(31(17-44(22)37(48)49)16-43-23(2)19-50-20-24(43)3)18-33(46)45-25(4)21-51-36-32(45)14-27(13-26-5-7-28(38)8-6-26)34(41-36)35(47)40-30-11-9-29(39)10-12-30/h5-12,14,22-25,31H,13,15-21H2,1-4H3,(H,40,47)(H,48,49)/t22-,23-,24-,25?,31+/m1/s1. The zero-order valence-electron chi connectivity index (χ0n) is 29.2. The highest BCUT2D eigenvalue weighted by atomic mass is 19.1. The third kappa shape index (κ3) is 8.13. The summed E-state index contributed by atoms with van der Waals surface area (Å²) in [6, 6.07) is 12.3. The number of hydrogen-bond acceptors (Lipinski definition) is 8. The number of rotatable bonds is 8. The number of nitrogens with zero attached hydrogens (tertiary/aromatic N) is 5. The molecule has 0 aliphatic carbocycles. The molecule has 0 bridgehead atoms. The van der Waals surface area contributed by atoms with Crippen LogP contribution in [0.1, 0.15) is 49.3 Å². The Hall–Kier alpha value is -4.66. The van der Waals surface area contributed by atoms with Crippen molar-refractivity contribution in [2.45, 2.75) is 64.3 Å². The Bertz CT molecular complexity index is 1730. The summed E-state index contributed by atoms with van der Waals surface area (Å²) in [4.78, 5) is 52.3. The first kappa shape index (κ1) is 36.1. The minimum Gasteiger partial charge on any atom is -0.474 e. The molecule has 2 fully saturated rings. The van der Waals surface area contributed by atoms with Gasteiger partial charge >= 0.3 is 6.09 Å². The van der Waals surface area contributed by atoms with E-state index in [1.54, 1.807) is 23.1 Å². The lowest BCUT2D eigenvalue weighted by Gasteiger charge is -2.48. The summed E-state index contributed by atoms with van der Waals surface area (Å²) in [6.07, 6.45) is -0.785. The molecule has 6 rings (SSSR count). The number of pyridine rings is 1. The first-order chi connectivity index (χ1) is 24.4. The molecule has 2 saturated heterocycles. The second-order valence-electron chi connectivity index (χ2n) is 13.8. The first-order valence-corrected chi connectivity index (χ1v) is 17.2. The predicted molar refractivity (Wildman–Crippen MR) is 186 cm³/mol. The van der Waals surface area contributed by atoms with Gasteiger partial charge in [-0.3, -0.25) is 19.4 Å². The van der Waals surface area contributed by atoms with Gasteiger partial charge in [0.15, 0.2) is 0 Å². The molecule has 3 aliphatic heterocycles. The van der Waals surface area contributed by atoms with E-state index in [1.165, 1.54) is 41.3 Å². The number of benzene rings is 2. The van der Waals surface area contributed by atoms with Crippen molar-refractivity contribution in [1.29, 1.82) is 0 Å². The molecular formula is C37H44F2N6O6. The third-order valence-corrected chi connectivity index (χ3v) is 9.91. The second kappa shape index (κ2) is 15.3. The molecule has 272 valence electrons. The van der Waals surface area contributed by atoms with Crippen LogP contribution in [0.15, 0.2) is 54.6 Å². The normalized spacial score (nSPS) is 24.1. The van der Waals surface area contributed by atoms with E-state index in [9.17, 15) is 28.3 Å². The van der Waals surface area contributed by atoms with Crippen LogP contribution in [0.3, 0.4) is 0 Å². The molecule has 3 aliphatic rings. The fraction of sp³-hybridized carbons (Fsp3) is 0.459. The van der Waals surface area contributed by atoms with Crippen molar-refractivity contribution >= 4 is 29.3 Å². The van der Waals surface area contributed by atoms with Gasteiger partial charge in [0, 0.05) is 49.5 Å². The molecule has 0 spiro atoms. The first-order valence-electron chi connectivity index (χ1n) is 17.2. The average Bonchev–Trinajstić information content (AvgIpc) is 3.08. The molecule has 3 amide bonds. The van der Waals surface area contributed by atoms with Gasteiger partial charge in [0.25, 0.3) is 5.91 Å². The Labute approximate surface area is 295 Å². The van der Waals surface area contributed by atoms with Gasteiger partial charge in [-0.1, -0.05) is 12.1 Å². The lowest BCUT2D eigenvalue weighted by atomic mass is 10.0. The van der Waals surface area contributed by atoms with Crippen LogP contribution >= 0.6 is 0 Å². The molecule has 2 aromatic carbocycles. The molecule has 1 aromatic heterocycles. The smallest absolute Gasteiger partial charge is 0.407 e. The Balaban J connectivity index is 1.31. The zero-order valence-corrected chi connectivity index (χ0v) is 29.2. The maximum Gasteiger partial charge on any atom is 0.407 e. The number of piperazine rings is 1. The summed E-state index contributed by atoms with van der Waals surface area (Å²) < 4.78 is 39.0. The monoisotopic (exact) mass is 706 g/mol. The minimum absolute atomic E-state index is 0.0272. The highest BCUT2D eigenvalue weighted by Gasteiger charge is 2.40. The van der Waals surface area contributed by atoms with Crippen LogP contribution in [0.4, 0.5) is 25.0 Å². The largest absolute Gasteiger partial charge is 0.474 e. The van der Waals surface area contributed by atoms with E-state index in [2.05, 4.69) is 33.9 Å². The predicted octanol–water partition coefficient (Wildman–Crippen LogP) is 4.48. The second-order valence-corrected chi connectivity index (χ2v) is 13.8. The van der Waals surface area contributed by atoms with Gasteiger partial charge in [0.1, 0.15) is 29.6 Å². The number of hydrogen-bond donors (Lipinski definition) is 2. The summed E-state index contributed by atoms with van der Waals surface area (Å²) in [5, 5.41) is 12.7. The lowest BCUT2D eigenvalue weighted by Crippen LogP contribution is -2.65. The number of anilines is 2. The van der Waals surface area contributed by atoms with Gasteiger partial charge in [-0.15, -0.1) is 0 Å². The number of morpholine rings is 1. The Kier molecular flexibility index (Phi) is 10.8. The SMILES string of the molecule is CC1COc2nc(C(=O)Nc3ccc(F)cc3)c(Cc3ccc(F)cc3)cc2N1C(=O)CN1C[C@@H](C)N(C(=O)O)C[C@@H]1CN1[C@H](C)COC[C@H]1C. The van der Waals surface area contributed by atoms with Crippen molar-refractivity contribution in [2.75, 3.05) is 56.2 Å². The number of nitrogens with one attached hydrogen (secondary N) is 1. The van der Waals surface area contributed by atoms with Gasteiger partial charge in [-0.2, -0.15) is 0 Å². The molecule has 1 unspecified atom stereocenters. The zero-order chi connectivity index (χ0) is 36.4. The van der Waals surface area contributed by atoms with Crippen LogP contribution in [0, 0.1) is 11.6 Å². The van der Waals surface area contributed by atoms with Crippen molar-refractivity contribution in [2.24, 2.45) is 0 Å². The fourth-order valence-corrected chi connectivity index (χ4v) is 7.20. The number of fused-ring (bicyclic) bond motifs is 1. The Morgan fingerprint density at radius 2 is 1.53 bits per heavy atom. The number of aromatic nitrogens is 1. The van der Waals surface area contributed by atoms with Crippen molar-refractivity contribution < 1.29 is 37.7 Å². The lowest BCUT2D eigenvalue weighted by molar-refractivity contribution is -0.122. The van der Waals surface area contributed by atoms with Crippen molar-refractivity contribution in [3.05, 3.63) is 83.1 Å². The maximum absolute atomic E-state index is 14.4. The van der Waals surface area contributed by atoms with E-state index >= 15 is 0 Å². The number of carbonyl (C=O) groups is 3. The average molecular weight is 707 g/mol.